The van der Waals surface area contributed by atoms with Gasteiger partial charge in [0, 0.05) is 33.3 Å². The summed E-state index contributed by atoms with van der Waals surface area (Å²) >= 11 is 2.38. The van der Waals surface area contributed by atoms with Crippen molar-refractivity contribution in [1.29, 1.82) is 0 Å². The highest BCUT2D eigenvalue weighted by molar-refractivity contribution is 14.1. The van der Waals surface area contributed by atoms with E-state index in [0.717, 1.165) is 18.4 Å². The normalized spacial score (nSPS) is 26.0. The van der Waals surface area contributed by atoms with Crippen molar-refractivity contribution >= 4 is 45.1 Å². The molecule has 3 unspecified atom stereocenters. The molecule has 0 saturated heterocycles. The van der Waals surface area contributed by atoms with Gasteiger partial charge in [-0.15, -0.1) is 0 Å². The largest absolute Gasteiger partial charge is 0.327 e. The predicted octanol–water partition coefficient (Wildman–Crippen LogP) is 5.32. The Kier molecular flexibility index (Phi) is 5.58. The van der Waals surface area contributed by atoms with E-state index in [-0.39, 0.29) is 17.4 Å². The fourth-order valence-electron chi connectivity index (χ4n) is 5.78. The Bertz CT molecular complexity index is 1160. The van der Waals surface area contributed by atoms with E-state index in [9.17, 15) is 9.59 Å². The van der Waals surface area contributed by atoms with Crippen LogP contribution in [0.3, 0.4) is 0 Å². The second-order valence-corrected chi connectivity index (χ2v) is 10.4. The molecule has 160 valence electrons. The predicted molar refractivity (Wildman–Crippen MR) is 131 cm³/mol. The summed E-state index contributed by atoms with van der Waals surface area (Å²) < 4.78 is 1.25. The van der Waals surface area contributed by atoms with Gasteiger partial charge in [-0.3, -0.25) is 14.6 Å². The van der Waals surface area contributed by atoms with Gasteiger partial charge in [0.2, 0.25) is 11.5 Å². The molecule has 1 aromatic carbocycles. The average Bonchev–Trinajstić information content (AvgIpc) is 3.33. The van der Waals surface area contributed by atoms with Crippen LogP contribution in [0, 0.1) is 27.2 Å². The van der Waals surface area contributed by atoms with E-state index in [1.165, 1.54) is 33.4 Å². The van der Waals surface area contributed by atoms with Crippen LogP contribution >= 0.6 is 22.6 Å². The number of aromatic nitrogens is 2. The average molecular weight is 527 g/mol. The SMILES string of the molecule is CC(C(=O)Nc1ccc(=O)[nH]c1)C1C[C@H]2CC(c3ccnc4ccc(I)cc34)C[C@H]2C1. The molecule has 5 rings (SSSR count). The number of fused-ring (bicyclic) bond motifs is 2. The number of hydrogen-bond acceptors (Lipinski definition) is 3. The molecule has 31 heavy (non-hydrogen) atoms. The Morgan fingerprint density at radius 2 is 1.90 bits per heavy atom. The molecule has 6 heteroatoms. The van der Waals surface area contributed by atoms with E-state index in [4.69, 9.17) is 0 Å². The topological polar surface area (TPSA) is 74.8 Å². The molecule has 2 N–H and O–H groups in total. The standard InChI is InChI=1S/C25H26IN3O2/c1-14(25(31)29-20-3-5-24(30)28-13-20)15-8-16-10-18(11-17(16)9-15)21-6-7-27-23-4-2-19(26)12-22(21)23/h2-7,12-18H,8-11H2,1H3,(H,28,30)(H,29,31)/t14?,15?,16-,17+,18?. The number of halogens is 1. The Balaban J connectivity index is 1.25. The maximum absolute atomic E-state index is 12.8. The van der Waals surface area contributed by atoms with Crippen LogP contribution in [0.4, 0.5) is 5.69 Å². The van der Waals surface area contributed by atoms with Gasteiger partial charge in [0.15, 0.2) is 0 Å². The molecule has 2 aliphatic carbocycles. The molecule has 1 amide bonds. The summed E-state index contributed by atoms with van der Waals surface area (Å²) in [6, 6.07) is 11.8. The van der Waals surface area contributed by atoms with Crippen LogP contribution in [0.2, 0.25) is 0 Å². The highest BCUT2D eigenvalue weighted by atomic mass is 127. The lowest BCUT2D eigenvalue weighted by Gasteiger charge is -2.21. The molecule has 0 bridgehead atoms. The van der Waals surface area contributed by atoms with Crippen molar-refractivity contribution in [3.63, 3.8) is 0 Å². The summed E-state index contributed by atoms with van der Waals surface area (Å²) in [5.74, 6) is 2.43. The quantitative estimate of drug-likeness (QED) is 0.451. The molecule has 0 spiro atoms. The maximum Gasteiger partial charge on any atom is 0.248 e. The number of H-pyrrole nitrogens is 1. The summed E-state index contributed by atoms with van der Waals surface area (Å²) in [7, 11) is 0. The Labute approximate surface area is 195 Å². The highest BCUT2D eigenvalue weighted by Gasteiger charge is 2.44. The molecular formula is C25H26IN3O2. The number of benzene rings is 1. The van der Waals surface area contributed by atoms with Gasteiger partial charge >= 0.3 is 0 Å². The summed E-state index contributed by atoms with van der Waals surface area (Å²) in [5.41, 5.74) is 3.01. The second-order valence-electron chi connectivity index (χ2n) is 9.20. The molecule has 2 saturated carbocycles. The van der Waals surface area contributed by atoms with Crippen LogP contribution in [-0.2, 0) is 4.79 Å². The molecular weight excluding hydrogens is 501 g/mol. The molecule has 2 fully saturated rings. The molecule has 0 radical (unpaired) electrons. The number of amides is 1. The Morgan fingerprint density at radius 1 is 1.13 bits per heavy atom. The van der Waals surface area contributed by atoms with E-state index in [1.807, 2.05) is 13.1 Å². The van der Waals surface area contributed by atoms with Crippen LogP contribution in [-0.4, -0.2) is 15.9 Å². The zero-order valence-electron chi connectivity index (χ0n) is 17.5. The van der Waals surface area contributed by atoms with Gasteiger partial charge in [0.05, 0.1) is 11.2 Å². The van der Waals surface area contributed by atoms with Crippen LogP contribution in [0.1, 0.15) is 44.1 Å². The Hall–Kier alpha value is -2.22. The lowest BCUT2D eigenvalue weighted by Crippen LogP contribution is -2.26. The van der Waals surface area contributed by atoms with Crippen molar-refractivity contribution in [2.75, 3.05) is 5.32 Å². The number of nitrogens with zero attached hydrogens (tertiary/aromatic N) is 1. The van der Waals surface area contributed by atoms with Crippen LogP contribution in [0.25, 0.3) is 10.9 Å². The molecule has 2 heterocycles. The molecule has 5 atom stereocenters. The van der Waals surface area contributed by atoms with E-state index in [1.54, 1.807) is 12.3 Å². The minimum absolute atomic E-state index is 0.0284. The monoisotopic (exact) mass is 527 g/mol. The van der Waals surface area contributed by atoms with Gasteiger partial charge in [0.25, 0.3) is 0 Å². The van der Waals surface area contributed by atoms with E-state index >= 15 is 0 Å². The summed E-state index contributed by atoms with van der Waals surface area (Å²) in [6.45, 7) is 2.04. The molecule has 0 aliphatic heterocycles. The smallest absolute Gasteiger partial charge is 0.248 e. The van der Waals surface area contributed by atoms with Crippen molar-refractivity contribution in [2.45, 2.75) is 38.5 Å². The van der Waals surface area contributed by atoms with Gasteiger partial charge in [0.1, 0.15) is 0 Å². The first kappa shape index (κ1) is 20.7. The van der Waals surface area contributed by atoms with Gasteiger partial charge in [-0.25, -0.2) is 0 Å². The van der Waals surface area contributed by atoms with E-state index in [2.05, 4.69) is 62.1 Å². The minimum Gasteiger partial charge on any atom is -0.327 e. The fraction of sp³-hybridized carbons (Fsp3) is 0.400. The fourth-order valence-corrected chi connectivity index (χ4v) is 6.27. The lowest BCUT2D eigenvalue weighted by atomic mass is 9.86. The van der Waals surface area contributed by atoms with Gasteiger partial charge in [-0.1, -0.05) is 6.92 Å². The van der Waals surface area contributed by atoms with Gasteiger partial charge in [-0.2, -0.15) is 0 Å². The number of pyridine rings is 2. The zero-order chi connectivity index (χ0) is 21.5. The first-order chi connectivity index (χ1) is 15.0. The number of rotatable bonds is 4. The number of aromatic amines is 1. The summed E-state index contributed by atoms with van der Waals surface area (Å²) in [4.78, 5) is 31.1. The van der Waals surface area contributed by atoms with Crippen molar-refractivity contribution in [3.8, 4) is 0 Å². The number of anilines is 1. The summed E-state index contributed by atoms with van der Waals surface area (Å²) in [6.07, 6.45) is 8.18. The second kappa shape index (κ2) is 8.37. The first-order valence-electron chi connectivity index (χ1n) is 11.0. The number of hydrogen-bond donors (Lipinski definition) is 2. The molecule has 2 aliphatic rings. The third-order valence-corrected chi connectivity index (χ3v) is 8.07. The molecule has 5 nitrogen and oxygen atoms in total. The third kappa shape index (κ3) is 4.14. The summed E-state index contributed by atoms with van der Waals surface area (Å²) in [5, 5.41) is 4.25. The van der Waals surface area contributed by atoms with Crippen LogP contribution in [0.5, 0.6) is 0 Å². The molecule has 2 aromatic heterocycles. The van der Waals surface area contributed by atoms with Gasteiger partial charge in [-0.05, 0) is 108 Å². The highest BCUT2D eigenvalue weighted by Crippen LogP contribution is 2.54. The van der Waals surface area contributed by atoms with E-state index < -0.39 is 0 Å². The van der Waals surface area contributed by atoms with Crippen molar-refractivity contribution in [1.82, 2.24) is 9.97 Å². The van der Waals surface area contributed by atoms with Crippen molar-refractivity contribution in [2.24, 2.45) is 23.7 Å². The Morgan fingerprint density at radius 3 is 2.61 bits per heavy atom. The van der Waals surface area contributed by atoms with Gasteiger partial charge < -0.3 is 10.3 Å². The molecule has 3 aromatic rings. The third-order valence-electron chi connectivity index (χ3n) is 7.40. The number of carbonyl (C=O) groups excluding carboxylic acids is 1. The number of nitrogens with one attached hydrogen (secondary N) is 2. The van der Waals surface area contributed by atoms with Crippen LogP contribution in [0.15, 0.2) is 53.6 Å². The first-order valence-corrected chi connectivity index (χ1v) is 12.1. The minimum atomic E-state index is -0.166. The van der Waals surface area contributed by atoms with Crippen molar-refractivity contribution < 1.29 is 4.79 Å². The lowest BCUT2D eigenvalue weighted by molar-refractivity contribution is -0.120. The van der Waals surface area contributed by atoms with E-state index in [0.29, 0.717) is 29.4 Å². The number of carbonyl (C=O) groups is 1. The maximum atomic E-state index is 12.8. The van der Waals surface area contributed by atoms with Crippen LogP contribution < -0.4 is 10.9 Å². The van der Waals surface area contributed by atoms with Crippen molar-refractivity contribution in [3.05, 3.63) is 68.3 Å². The zero-order valence-corrected chi connectivity index (χ0v) is 19.6.